The molecule has 4 N–H and O–H groups in total. The predicted molar refractivity (Wildman–Crippen MR) is 275 cm³/mol. The molecule has 5 aromatic carbocycles. The summed E-state index contributed by atoms with van der Waals surface area (Å²) >= 11 is 23.4. The van der Waals surface area contributed by atoms with Crippen LogP contribution in [-0.2, 0) is 34.4 Å². The van der Waals surface area contributed by atoms with Gasteiger partial charge in [-0.25, -0.2) is 46.4 Å². The number of hydrogen-bond donors (Lipinski definition) is 4. The van der Waals surface area contributed by atoms with Crippen molar-refractivity contribution >= 4 is 135 Å². The lowest BCUT2D eigenvalue weighted by molar-refractivity contribution is -0.132. The number of alkyl halides is 4. The number of phenols is 1. The van der Waals surface area contributed by atoms with Crippen LogP contribution in [0.1, 0.15) is 33.4 Å². The zero-order valence-electron chi connectivity index (χ0n) is 38.6. The van der Waals surface area contributed by atoms with E-state index in [4.69, 9.17) is 56.2 Å². The van der Waals surface area contributed by atoms with Crippen molar-refractivity contribution in [2.24, 2.45) is 20.5 Å². The van der Waals surface area contributed by atoms with E-state index in [2.05, 4.69) is 59.9 Å². The minimum Gasteiger partial charge on any atom is -0.507 e. The fourth-order valence-electron chi connectivity index (χ4n) is 6.41. The van der Waals surface area contributed by atoms with Gasteiger partial charge in [-0.15, -0.1) is 10.2 Å². The van der Waals surface area contributed by atoms with Crippen molar-refractivity contribution < 1.29 is 45.8 Å². The summed E-state index contributed by atoms with van der Waals surface area (Å²) in [7, 11) is -6.85. The maximum Gasteiger partial charge on any atom is 0.344 e. The number of nitrogens with one attached hydrogen (secondary N) is 3. The average Bonchev–Trinajstić information content (AvgIpc) is 3.32. The lowest BCUT2D eigenvalue weighted by Gasteiger charge is -2.16. The fraction of sp³-hybridized carbons (Fsp3) is 0.152. The molecule has 2 aromatic heterocycles. The molecule has 73 heavy (non-hydrogen) atoms. The molecule has 7 aromatic rings. The van der Waals surface area contributed by atoms with E-state index in [0.29, 0.717) is 23.0 Å². The number of hydrogen-bond acceptors (Lipinski definition) is 18. The molecule has 0 aliphatic rings. The van der Waals surface area contributed by atoms with Gasteiger partial charge >= 0.3 is 11.9 Å². The standard InChI is InChI=1S/C38H31Cl4N11O7S2.C8H8O3/c1-19-16-31(45-21(3)43-19)52-61(56,57)25-12-8-23(9-13-25)48-50-29-18-30(34(60-38(55)36(41)42)27-6-5-7-28(33(27)29)47-37(54)35(39)40)51-49-24-10-14-26(15-11-24)62(58,59)53-32-17-20(2)44-22(4)46-32;1-11-8(10)6-4-2-3-5-7(6)9/h5-18,35-36H,1-4H3,(H,47,54)(H,43,45,52)(H,44,46,53);2-5,9H,1H3. The second-order valence-corrected chi connectivity index (χ2v) is 20.5. The number of carbonyl (C=O) groups is 3. The monoisotopic (exact) mass is 1110 g/mol. The van der Waals surface area contributed by atoms with Crippen molar-refractivity contribution in [2.45, 2.75) is 47.2 Å². The van der Waals surface area contributed by atoms with E-state index in [1.807, 2.05) is 0 Å². The highest BCUT2D eigenvalue weighted by Gasteiger charge is 2.24. The fourth-order valence-corrected chi connectivity index (χ4v) is 8.60. The lowest BCUT2D eigenvalue weighted by Crippen LogP contribution is -2.19. The number of methoxy groups -OCH3 is 1. The highest BCUT2D eigenvalue weighted by Crippen LogP contribution is 2.46. The van der Waals surface area contributed by atoms with E-state index >= 15 is 0 Å². The molecule has 378 valence electrons. The van der Waals surface area contributed by atoms with Crippen molar-refractivity contribution in [3.8, 4) is 11.5 Å². The molecule has 7 rings (SSSR count). The third kappa shape index (κ3) is 14.6. The number of carbonyl (C=O) groups excluding carboxylic acids is 3. The first-order valence-electron chi connectivity index (χ1n) is 20.8. The number of aromatic hydroxyl groups is 1. The maximum absolute atomic E-state index is 13.2. The third-order valence-corrected chi connectivity index (χ3v) is 13.0. The van der Waals surface area contributed by atoms with Gasteiger partial charge < -0.3 is 19.9 Å². The van der Waals surface area contributed by atoms with Crippen LogP contribution in [0.2, 0.25) is 0 Å². The van der Waals surface area contributed by atoms with Crippen LogP contribution in [0.5, 0.6) is 11.5 Å². The van der Waals surface area contributed by atoms with Gasteiger partial charge in [0.1, 0.15) is 40.3 Å². The summed E-state index contributed by atoms with van der Waals surface area (Å²) in [5.41, 5.74) is 1.76. The molecule has 0 aliphatic heterocycles. The summed E-state index contributed by atoms with van der Waals surface area (Å²) in [5, 5.41) is 29.2. The number of aryl methyl sites for hydroxylation is 4. The summed E-state index contributed by atoms with van der Waals surface area (Å²) in [5.74, 6) is -1.71. The Labute approximate surface area is 437 Å². The van der Waals surface area contributed by atoms with Crippen molar-refractivity contribution in [2.75, 3.05) is 21.9 Å². The van der Waals surface area contributed by atoms with E-state index in [1.165, 1.54) is 104 Å². The number of ether oxygens (including phenoxy) is 2. The number of phenolic OH excluding ortho intramolecular Hbond substituents is 1. The molecule has 27 heteroatoms. The normalized spacial score (nSPS) is 11.7. The zero-order valence-corrected chi connectivity index (χ0v) is 43.2. The smallest absolute Gasteiger partial charge is 0.344 e. The molecule has 1 amide bonds. The minimum atomic E-state index is -4.06. The summed E-state index contributed by atoms with van der Waals surface area (Å²) in [6.45, 7) is 6.68. The summed E-state index contributed by atoms with van der Waals surface area (Å²) in [6, 6.07) is 25.8. The van der Waals surface area contributed by atoms with Crippen LogP contribution in [0.25, 0.3) is 10.8 Å². The number of fused-ring (bicyclic) bond motifs is 1. The van der Waals surface area contributed by atoms with E-state index < -0.39 is 47.6 Å². The first-order chi connectivity index (χ1) is 34.5. The van der Waals surface area contributed by atoms with Gasteiger partial charge in [0.05, 0.1) is 39.7 Å². The van der Waals surface area contributed by atoms with Crippen molar-refractivity contribution in [1.82, 2.24) is 19.9 Å². The van der Waals surface area contributed by atoms with E-state index in [1.54, 1.807) is 39.8 Å². The van der Waals surface area contributed by atoms with Crippen LogP contribution in [0.15, 0.2) is 139 Å². The van der Waals surface area contributed by atoms with E-state index in [9.17, 15) is 31.2 Å². The number of para-hydroxylation sites is 1. The molecule has 0 fully saturated rings. The number of anilines is 3. The number of amides is 1. The summed E-state index contributed by atoms with van der Waals surface area (Å²) in [4.78, 5) is 49.6. The number of aromatic nitrogens is 4. The first kappa shape index (κ1) is 54.9. The largest absolute Gasteiger partial charge is 0.507 e. The molecule has 0 radical (unpaired) electrons. The topological polar surface area (TPSA) is 295 Å². The molecule has 2 heterocycles. The molecule has 0 bridgehead atoms. The molecule has 0 spiro atoms. The number of esters is 2. The Bertz CT molecular complexity index is 3480. The van der Waals surface area contributed by atoms with Gasteiger partial charge in [-0.3, -0.25) is 14.2 Å². The average molecular weight is 1110 g/mol. The maximum atomic E-state index is 13.2. The summed E-state index contributed by atoms with van der Waals surface area (Å²) in [6.07, 6.45) is 0. The number of benzene rings is 5. The summed E-state index contributed by atoms with van der Waals surface area (Å²) < 4.78 is 67.4. The number of halogens is 4. The van der Waals surface area contributed by atoms with Gasteiger partial charge in [0.25, 0.3) is 26.0 Å². The molecular weight excluding hydrogens is 1070 g/mol. The van der Waals surface area contributed by atoms with Crippen molar-refractivity contribution in [3.05, 3.63) is 138 Å². The van der Waals surface area contributed by atoms with E-state index in [-0.39, 0.29) is 77.7 Å². The van der Waals surface area contributed by atoms with Gasteiger partial charge in [-0.05, 0) is 100 Å². The number of nitrogens with zero attached hydrogens (tertiary/aromatic N) is 8. The second kappa shape index (κ2) is 23.9. The Balaban J connectivity index is 0.000000698. The predicted octanol–water partition coefficient (Wildman–Crippen LogP) is 10.7. The molecule has 0 unspecified atom stereocenters. The SMILES string of the molecule is COC(=O)c1ccccc1O.Cc1cc(NS(=O)(=O)c2ccc(N=Nc3cc(N=Nc4ccc(S(=O)(=O)Nc5cc(C)nc(C)n5)cc4)c4c(NC(=O)C(Cl)Cl)cccc4c3OC(=O)C(Cl)Cl)cc2)nc(C)n1. The van der Waals surface area contributed by atoms with Gasteiger partial charge in [0.2, 0.25) is 4.84 Å². The zero-order chi connectivity index (χ0) is 53.2. The van der Waals surface area contributed by atoms with Gasteiger partial charge in [-0.1, -0.05) is 70.7 Å². The Kier molecular flexibility index (Phi) is 18.0. The Morgan fingerprint density at radius 1 is 0.616 bits per heavy atom. The quantitative estimate of drug-likeness (QED) is 0.0321. The van der Waals surface area contributed by atoms with Crippen LogP contribution >= 0.6 is 46.4 Å². The highest BCUT2D eigenvalue weighted by molar-refractivity contribution is 7.93. The van der Waals surface area contributed by atoms with Gasteiger partial charge in [-0.2, -0.15) is 10.2 Å². The second-order valence-electron chi connectivity index (χ2n) is 15.0. The number of azo groups is 2. The number of rotatable bonds is 15. The van der Waals surface area contributed by atoms with Crippen LogP contribution < -0.4 is 19.5 Å². The van der Waals surface area contributed by atoms with Crippen LogP contribution in [0.4, 0.5) is 40.1 Å². The molecule has 0 saturated heterocycles. The molecule has 0 atom stereocenters. The van der Waals surface area contributed by atoms with Crippen LogP contribution in [0, 0.1) is 27.7 Å². The van der Waals surface area contributed by atoms with Crippen molar-refractivity contribution in [3.63, 3.8) is 0 Å². The first-order valence-corrected chi connectivity index (χ1v) is 25.5. The third-order valence-electron chi connectivity index (χ3n) is 9.47. The Hall–Kier alpha value is -7.41. The van der Waals surface area contributed by atoms with E-state index in [0.717, 1.165) is 0 Å². The Morgan fingerprint density at radius 3 is 1.59 bits per heavy atom. The lowest BCUT2D eigenvalue weighted by atomic mass is 10.0. The van der Waals surface area contributed by atoms with Gasteiger partial charge in [0.15, 0.2) is 10.6 Å². The molecule has 21 nitrogen and oxygen atoms in total. The van der Waals surface area contributed by atoms with Crippen molar-refractivity contribution in [1.29, 1.82) is 0 Å². The van der Waals surface area contributed by atoms with Crippen LogP contribution in [-0.4, -0.2) is 76.5 Å². The van der Waals surface area contributed by atoms with Crippen LogP contribution in [0.3, 0.4) is 0 Å². The molecule has 0 aliphatic carbocycles. The highest BCUT2D eigenvalue weighted by atomic mass is 35.5. The Morgan fingerprint density at radius 2 is 1.12 bits per heavy atom. The minimum absolute atomic E-state index is 0.0363. The molecule has 0 saturated carbocycles. The molecular formula is C46H39Cl4N11O10S2. The van der Waals surface area contributed by atoms with Gasteiger partial charge in [0, 0.05) is 34.3 Å². The number of sulfonamides is 2.